The first-order chi connectivity index (χ1) is 17.3. The number of urea groups is 1. The molecule has 0 saturated carbocycles. The van der Waals surface area contributed by atoms with Crippen LogP contribution in [0.4, 0.5) is 15.9 Å². The number of hydrogen-bond acceptors (Lipinski definition) is 8. The molecule has 10 nitrogen and oxygen atoms in total. The number of Topliss-reactive ketones (excluding diaryl/α,β-unsaturated/α-hetero) is 1. The Hall–Kier alpha value is -3.60. The van der Waals surface area contributed by atoms with Crippen LogP contribution in [0.3, 0.4) is 0 Å². The molecule has 1 aliphatic rings. The number of aliphatic carboxylic acids is 1. The fourth-order valence-electron chi connectivity index (χ4n) is 4.44. The number of nitrogens with one attached hydrogen (secondary N) is 2. The van der Waals surface area contributed by atoms with Crippen molar-refractivity contribution in [3.05, 3.63) is 30.1 Å². The third-order valence-corrected chi connectivity index (χ3v) is 7.79. The number of anilines is 2. The van der Waals surface area contributed by atoms with E-state index in [1.165, 1.54) is 11.3 Å². The average Bonchev–Trinajstić information content (AvgIpc) is 3.30. The number of carbonyl (C=O) groups is 3. The summed E-state index contributed by atoms with van der Waals surface area (Å²) in [4.78, 5) is 52.0. The number of carboxylic acid groups (broad SMARTS) is 1. The monoisotopic (exact) mass is 510 g/mol. The van der Waals surface area contributed by atoms with Gasteiger partial charge in [-0.2, -0.15) is 0 Å². The number of carbonyl (C=O) groups excluding carboxylic acids is 2. The molecule has 11 heteroatoms. The molecule has 0 bridgehead atoms. The molecule has 1 saturated heterocycles. The van der Waals surface area contributed by atoms with Crippen LogP contribution in [0.25, 0.3) is 21.3 Å². The summed E-state index contributed by atoms with van der Waals surface area (Å²) in [5, 5.41) is 15.4. The first-order valence-corrected chi connectivity index (χ1v) is 12.9. The number of thiazole rings is 1. The van der Waals surface area contributed by atoms with Gasteiger partial charge in [0.2, 0.25) is 5.95 Å². The first kappa shape index (κ1) is 25.5. The lowest BCUT2D eigenvalue weighted by Gasteiger charge is -2.38. The SMILES string of the molecule is CCNC(=O)Nc1nc2cc(-c3cnc(N4CCC(CC)(C(=O)O)CC4)nc3)cc(C(=O)CC)c2s1. The Labute approximate surface area is 213 Å². The van der Waals surface area contributed by atoms with Gasteiger partial charge in [0.25, 0.3) is 0 Å². The maximum absolute atomic E-state index is 12.7. The number of carboxylic acids is 1. The van der Waals surface area contributed by atoms with Gasteiger partial charge in [-0.25, -0.2) is 19.7 Å². The quantitative estimate of drug-likeness (QED) is 0.375. The van der Waals surface area contributed by atoms with Crippen LogP contribution in [-0.2, 0) is 4.79 Å². The number of rotatable bonds is 8. The molecular weight excluding hydrogens is 480 g/mol. The minimum absolute atomic E-state index is 0.0150. The van der Waals surface area contributed by atoms with Crippen LogP contribution >= 0.6 is 11.3 Å². The smallest absolute Gasteiger partial charge is 0.321 e. The molecule has 2 amide bonds. The third-order valence-electron chi connectivity index (χ3n) is 6.77. The van der Waals surface area contributed by atoms with Crippen molar-refractivity contribution in [2.75, 3.05) is 29.9 Å². The van der Waals surface area contributed by atoms with Crippen LogP contribution in [-0.4, -0.2) is 57.5 Å². The Morgan fingerprint density at radius 1 is 1.08 bits per heavy atom. The Kier molecular flexibility index (Phi) is 7.48. The van der Waals surface area contributed by atoms with Crippen LogP contribution in [0.5, 0.6) is 0 Å². The number of nitrogens with zero attached hydrogens (tertiary/aromatic N) is 4. The van der Waals surface area contributed by atoms with Gasteiger partial charge >= 0.3 is 12.0 Å². The normalized spacial score (nSPS) is 15.0. The van der Waals surface area contributed by atoms with Crippen LogP contribution in [0.2, 0.25) is 0 Å². The van der Waals surface area contributed by atoms with E-state index in [4.69, 9.17) is 0 Å². The summed E-state index contributed by atoms with van der Waals surface area (Å²) in [6, 6.07) is 3.34. The standard InChI is InChI=1S/C25H30N6O4S/c1-4-19(32)17-11-15(12-18-20(17)36-24(29-18)30-23(35)26-6-3)16-13-27-22(28-14-16)31-9-7-25(5-2,8-10-31)21(33)34/h11-14H,4-10H2,1-3H3,(H,33,34)(H2,26,29,30,35). The fourth-order valence-corrected chi connectivity index (χ4v) is 5.41. The predicted molar refractivity (Wildman–Crippen MR) is 140 cm³/mol. The first-order valence-electron chi connectivity index (χ1n) is 12.1. The maximum atomic E-state index is 12.7. The number of amides is 2. The molecule has 1 fully saturated rings. The van der Waals surface area contributed by atoms with Crippen molar-refractivity contribution in [3.63, 3.8) is 0 Å². The zero-order valence-corrected chi connectivity index (χ0v) is 21.4. The molecule has 3 aromatic rings. The van der Waals surface area contributed by atoms with Crippen molar-refractivity contribution in [1.29, 1.82) is 0 Å². The Morgan fingerprint density at radius 3 is 2.36 bits per heavy atom. The van der Waals surface area contributed by atoms with Crippen molar-refractivity contribution < 1.29 is 19.5 Å². The lowest BCUT2D eigenvalue weighted by Crippen LogP contribution is -2.44. The summed E-state index contributed by atoms with van der Waals surface area (Å²) in [5.41, 5.74) is 1.99. The van der Waals surface area contributed by atoms with Gasteiger partial charge in [0.1, 0.15) is 0 Å². The Bertz CT molecular complexity index is 1280. The van der Waals surface area contributed by atoms with Crippen molar-refractivity contribution in [1.82, 2.24) is 20.3 Å². The molecule has 0 unspecified atom stereocenters. The summed E-state index contributed by atoms with van der Waals surface area (Å²) in [6.45, 7) is 7.22. The largest absolute Gasteiger partial charge is 0.481 e. The van der Waals surface area contributed by atoms with E-state index in [1.54, 1.807) is 12.4 Å². The molecule has 0 radical (unpaired) electrons. The van der Waals surface area contributed by atoms with E-state index in [9.17, 15) is 19.5 Å². The van der Waals surface area contributed by atoms with E-state index in [0.29, 0.717) is 67.5 Å². The van der Waals surface area contributed by atoms with Crippen LogP contribution in [0, 0.1) is 5.41 Å². The van der Waals surface area contributed by atoms with E-state index < -0.39 is 11.4 Å². The summed E-state index contributed by atoms with van der Waals surface area (Å²) in [7, 11) is 0. The van der Waals surface area contributed by atoms with Gasteiger partial charge < -0.3 is 15.3 Å². The number of fused-ring (bicyclic) bond motifs is 1. The highest BCUT2D eigenvalue weighted by Gasteiger charge is 2.40. The summed E-state index contributed by atoms with van der Waals surface area (Å²) >= 11 is 1.27. The zero-order valence-electron chi connectivity index (χ0n) is 20.6. The minimum atomic E-state index is -0.736. The van der Waals surface area contributed by atoms with Gasteiger partial charge in [0.15, 0.2) is 10.9 Å². The second-order valence-electron chi connectivity index (χ2n) is 8.85. The molecule has 3 heterocycles. The summed E-state index contributed by atoms with van der Waals surface area (Å²) < 4.78 is 0.723. The number of ketones is 1. The number of benzene rings is 1. The Balaban J connectivity index is 1.60. The van der Waals surface area contributed by atoms with Gasteiger partial charge in [-0.15, -0.1) is 0 Å². The molecule has 190 valence electrons. The summed E-state index contributed by atoms with van der Waals surface area (Å²) in [5.74, 6) is -0.194. The van der Waals surface area contributed by atoms with E-state index >= 15 is 0 Å². The van der Waals surface area contributed by atoms with Gasteiger partial charge in [-0.3, -0.25) is 14.9 Å². The minimum Gasteiger partial charge on any atom is -0.481 e. The zero-order chi connectivity index (χ0) is 25.9. The molecule has 0 spiro atoms. The topological polar surface area (TPSA) is 137 Å². The van der Waals surface area contributed by atoms with E-state index in [0.717, 1.165) is 15.8 Å². The van der Waals surface area contributed by atoms with E-state index in [2.05, 4.69) is 25.6 Å². The van der Waals surface area contributed by atoms with Gasteiger partial charge in [-0.1, -0.05) is 25.2 Å². The Morgan fingerprint density at radius 2 is 1.78 bits per heavy atom. The predicted octanol–water partition coefficient (Wildman–Crippen LogP) is 4.57. The highest BCUT2D eigenvalue weighted by molar-refractivity contribution is 7.22. The van der Waals surface area contributed by atoms with Crippen molar-refractivity contribution in [2.45, 2.75) is 46.5 Å². The van der Waals surface area contributed by atoms with Crippen molar-refractivity contribution in [3.8, 4) is 11.1 Å². The number of piperidine rings is 1. The lowest BCUT2D eigenvalue weighted by molar-refractivity contribution is -0.150. The third kappa shape index (κ3) is 5.01. The number of hydrogen-bond donors (Lipinski definition) is 3. The van der Waals surface area contributed by atoms with Crippen LogP contribution < -0.4 is 15.5 Å². The molecular formula is C25H30N6O4S. The highest BCUT2D eigenvalue weighted by atomic mass is 32.1. The van der Waals surface area contributed by atoms with E-state index in [-0.39, 0.29) is 11.8 Å². The molecule has 0 aliphatic carbocycles. The molecule has 1 aromatic carbocycles. The van der Waals surface area contributed by atoms with Crippen LogP contribution in [0.15, 0.2) is 24.5 Å². The number of aromatic nitrogens is 3. The molecule has 0 atom stereocenters. The van der Waals surface area contributed by atoms with Crippen molar-refractivity contribution in [2.24, 2.45) is 5.41 Å². The van der Waals surface area contributed by atoms with Gasteiger partial charge in [0.05, 0.1) is 15.6 Å². The fraction of sp³-hybridized carbons (Fsp3) is 0.440. The second-order valence-corrected chi connectivity index (χ2v) is 9.85. The van der Waals surface area contributed by atoms with Crippen LogP contribution in [0.1, 0.15) is 56.8 Å². The molecule has 2 aromatic heterocycles. The van der Waals surface area contributed by atoms with Crippen molar-refractivity contribution >= 4 is 50.4 Å². The lowest BCUT2D eigenvalue weighted by atomic mass is 9.76. The summed E-state index contributed by atoms with van der Waals surface area (Å²) in [6.07, 6.45) is 5.48. The molecule has 36 heavy (non-hydrogen) atoms. The molecule has 1 aliphatic heterocycles. The van der Waals surface area contributed by atoms with Gasteiger partial charge in [-0.05, 0) is 43.9 Å². The van der Waals surface area contributed by atoms with E-state index in [1.807, 2.05) is 37.8 Å². The molecule has 3 N–H and O–H groups in total. The average molecular weight is 511 g/mol. The second kappa shape index (κ2) is 10.6. The van der Waals surface area contributed by atoms with Gasteiger partial charge in [0, 0.05) is 49.6 Å². The molecule has 4 rings (SSSR count). The maximum Gasteiger partial charge on any atom is 0.321 e. The highest BCUT2D eigenvalue weighted by Crippen LogP contribution is 2.37.